The molecule has 0 aliphatic rings. The molecule has 2 N–H and O–H groups in total. The van der Waals surface area contributed by atoms with Crippen molar-refractivity contribution in [2.24, 2.45) is 4.99 Å². The summed E-state index contributed by atoms with van der Waals surface area (Å²) in [6.07, 6.45) is -0.809. The van der Waals surface area contributed by atoms with Crippen molar-refractivity contribution < 1.29 is 9.90 Å². The van der Waals surface area contributed by atoms with Crippen LogP contribution in [0.3, 0.4) is 0 Å². The number of amides is 1. The molecule has 0 spiro atoms. The average Bonchev–Trinajstić information content (AvgIpc) is 1.68. The van der Waals surface area contributed by atoms with Gasteiger partial charge in [0.05, 0.1) is 0 Å². The zero-order chi connectivity index (χ0) is 5.70. The number of aliphatic imine (C=N–C) groups is 1. The minimum Gasteiger partial charge on any atom is -0.355 e. The maximum Gasteiger partial charge on any atom is 0.224 e. The number of hydrogen-bond donors (Lipinski definition) is 2. The van der Waals surface area contributed by atoms with Gasteiger partial charge in [-0.25, -0.2) is 4.99 Å². The highest BCUT2D eigenvalue weighted by Crippen LogP contribution is 1.68. The molecule has 0 aromatic heterocycles. The summed E-state index contributed by atoms with van der Waals surface area (Å²) in [4.78, 5) is 12.5. The Morgan fingerprint density at radius 2 is 2.57 bits per heavy atom. The summed E-state index contributed by atoms with van der Waals surface area (Å²) >= 11 is 0. The van der Waals surface area contributed by atoms with Crippen LogP contribution in [0.2, 0.25) is 0 Å². The van der Waals surface area contributed by atoms with Crippen molar-refractivity contribution in [3.8, 4) is 0 Å². The molecule has 0 radical (unpaired) electrons. The lowest BCUT2D eigenvalue weighted by Crippen LogP contribution is -2.24. The molecular formula is C3H6N2O2. The molecule has 4 heteroatoms. The number of aliphatic hydroxyl groups is 1. The summed E-state index contributed by atoms with van der Waals surface area (Å²) in [6.45, 7) is 2.96. The topological polar surface area (TPSA) is 61.7 Å². The Balaban J connectivity index is 3.15. The predicted molar refractivity (Wildman–Crippen MR) is 24.8 cm³/mol. The fourth-order valence-corrected chi connectivity index (χ4v) is 0.114. The smallest absolute Gasteiger partial charge is 0.224 e. The van der Waals surface area contributed by atoms with Crippen LogP contribution in [0, 0.1) is 0 Å². The molecule has 0 saturated heterocycles. The number of aliphatic hydroxyl groups excluding tert-OH is 1. The van der Waals surface area contributed by atoms with Crippen LogP contribution in [0.1, 0.15) is 0 Å². The van der Waals surface area contributed by atoms with Crippen molar-refractivity contribution in [1.29, 1.82) is 0 Å². The van der Waals surface area contributed by atoms with E-state index in [1.165, 1.54) is 0 Å². The van der Waals surface area contributed by atoms with Crippen LogP contribution in [0.5, 0.6) is 0 Å². The van der Waals surface area contributed by atoms with E-state index in [4.69, 9.17) is 5.11 Å². The molecule has 0 unspecified atom stereocenters. The highest BCUT2D eigenvalue weighted by Gasteiger charge is 1.88. The van der Waals surface area contributed by atoms with Crippen molar-refractivity contribution in [1.82, 2.24) is 5.32 Å². The molecule has 0 saturated carbocycles. The molecule has 0 rings (SSSR count). The monoisotopic (exact) mass is 102 g/mol. The number of hydrogen-bond acceptors (Lipinski definition) is 3. The van der Waals surface area contributed by atoms with E-state index >= 15 is 0 Å². The van der Waals surface area contributed by atoms with Gasteiger partial charge in [0.1, 0.15) is 0 Å². The standard InChI is InChI=1S/C3H6N2O2/c1-4-3(7)5-2-6/h2-3,7H,1H2,(H,5,6)/t3-/m1/s1. The summed E-state index contributed by atoms with van der Waals surface area (Å²) in [5.41, 5.74) is 0. The van der Waals surface area contributed by atoms with Gasteiger partial charge in [-0.3, -0.25) is 4.79 Å². The predicted octanol–water partition coefficient (Wildman–Crippen LogP) is -1.29. The number of nitrogens with zero attached hydrogens (tertiary/aromatic N) is 1. The first-order valence-electron chi connectivity index (χ1n) is 1.65. The van der Waals surface area contributed by atoms with Gasteiger partial charge in [0.25, 0.3) is 0 Å². The Morgan fingerprint density at radius 1 is 2.00 bits per heavy atom. The Morgan fingerprint density at radius 3 is 2.71 bits per heavy atom. The van der Waals surface area contributed by atoms with Crippen LogP contribution in [-0.4, -0.2) is 24.6 Å². The minimum atomic E-state index is -1.16. The molecule has 4 nitrogen and oxygen atoms in total. The van der Waals surface area contributed by atoms with E-state index in [9.17, 15) is 4.79 Å². The molecule has 1 amide bonds. The van der Waals surface area contributed by atoms with E-state index in [2.05, 4.69) is 11.7 Å². The van der Waals surface area contributed by atoms with E-state index in [-0.39, 0.29) is 0 Å². The highest BCUT2D eigenvalue weighted by atomic mass is 16.3. The third-order valence-corrected chi connectivity index (χ3v) is 0.390. The van der Waals surface area contributed by atoms with Crippen LogP contribution < -0.4 is 5.32 Å². The lowest BCUT2D eigenvalue weighted by atomic mass is 10.9. The zero-order valence-corrected chi connectivity index (χ0v) is 3.66. The van der Waals surface area contributed by atoms with Crippen molar-refractivity contribution in [2.45, 2.75) is 6.35 Å². The summed E-state index contributed by atoms with van der Waals surface area (Å²) in [5.74, 6) is 0. The first-order valence-corrected chi connectivity index (χ1v) is 1.65. The maximum absolute atomic E-state index is 9.42. The van der Waals surface area contributed by atoms with Gasteiger partial charge in [-0.2, -0.15) is 0 Å². The number of rotatable bonds is 3. The number of carbonyl (C=O) groups is 1. The van der Waals surface area contributed by atoms with Crippen molar-refractivity contribution in [3.63, 3.8) is 0 Å². The van der Waals surface area contributed by atoms with E-state index in [1.54, 1.807) is 0 Å². The number of nitrogens with one attached hydrogen (secondary N) is 1. The van der Waals surface area contributed by atoms with Crippen LogP contribution >= 0.6 is 0 Å². The largest absolute Gasteiger partial charge is 0.355 e. The molecule has 0 heterocycles. The first kappa shape index (κ1) is 6.10. The zero-order valence-electron chi connectivity index (χ0n) is 3.66. The Labute approximate surface area is 40.9 Å². The third-order valence-electron chi connectivity index (χ3n) is 0.390. The summed E-state index contributed by atoms with van der Waals surface area (Å²) in [5, 5.41) is 10.2. The van der Waals surface area contributed by atoms with Gasteiger partial charge in [0.2, 0.25) is 12.8 Å². The van der Waals surface area contributed by atoms with Crippen molar-refractivity contribution >= 4 is 13.1 Å². The second-order valence-electron chi connectivity index (χ2n) is 0.841. The van der Waals surface area contributed by atoms with Crippen LogP contribution in [0.4, 0.5) is 0 Å². The van der Waals surface area contributed by atoms with Gasteiger partial charge in [-0.15, -0.1) is 0 Å². The molecule has 0 aliphatic carbocycles. The molecule has 0 aromatic carbocycles. The fraction of sp³-hybridized carbons (Fsp3) is 0.333. The van der Waals surface area contributed by atoms with Crippen molar-refractivity contribution in [3.05, 3.63) is 0 Å². The van der Waals surface area contributed by atoms with Crippen LogP contribution in [-0.2, 0) is 4.79 Å². The summed E-state index contributed by atoms with van der Waals surface area (Å²) < 4.78 is 0. The Bertz CT molecular complexity index is 73.3. The van der Waals surface area contributed by atoms with Crippen LogP contribution in [0.15, 0.2) is 4.99 Å². The van der Waals surface area contributed by atoms with Gasteiger partial charge >= 0.3 is 0 Å². The van der Waals surface area contributed by atoms with Gasteiger partial charge in [0, 0.05) is 0 Å². The molecule has 7 heavy (non-hydrogen) atoms. The van der Waals surface area contributed by atoms with Crippen LogP contribution in [0.25, 0.3) is 0 Å². The molecule has 0 aromatic rings. The normalized spacial score (nSPS) is 12.1. The van der Waals surface area contributed by atoms with Gasteiger partial charge in [-0.05, 0) is 6.72 Å². The second-order valence-corrected chi connectivity index (χ2v) is 0.841. The van der Waals surface area contributed by atoms with E-state index in [0.717, 1.165) is 0 Å². The molecule has 40 valence electrons. The fourth-order valence-electron chi connectivity index (χ4n) is 0.114. The SMILES string of the molecule is C=N[C@@H](O)NC=O. The minimum absolute atomic E-state index is 0.347. The van der Waals surface area contributed by atoms with Gasteiger partial charge in [-0.1, -0.05) is 0 Å². The summed E-state index contributed by atoms with van der Waals surface area (Å²) in [7, 11) is 0. The number of carbonyl (C=O) groups excluding carboxylic acids is 1. The van der Waals surface area contributed by atoms with Gasteiger partial charge < -0.3 is 10.4 Å². The lowest BCUT2D eigenvalue weighted by Gasteiger charge is -1.97. The maximum atomic E-state index is 9.42. The average molecular weight is 102 g/mol. The third kappa shape index (κ3) is 2.92. The molecule has 1 atom stereocenters. The molecule has 0 fully saturated rings. The Kier molecular flexibility index (Phi) is 2.87. The Hall–Kier alpha value is -0.900. The van der Waals surface area contributed by atoms with E-state index < -0.39 is 6.35 Å². The summed E-state index contributed by atoms with van der Waals surface area (Å²) in [6, 6.07) is 0. The molecule has 0 aliphatic heterocycles. The van der Waals surface area contributed by atoms with Crippen molar-refractivity contribution in [2.75, 3.05) is 0 Å². The van der Waals surface area contributed by atoms with E-state index in [0.29, 0.717) is 6.41 Å². The highest BCUT2D eigenvalue weighted by molar-refractivity contribution is 5.46. The molecular weight excluding hydrogens is 96.0 g/mol. The second kappa shape index (κ2) is 3.30. The quantitative estimate of drug-likeness (QED) is 0.264. The van der Waals surface area contributed by atoms with E-state index in [1.807, 2.05) is 5.32 Å². The van der Waals surface area contributed by atoms with Gasteiger partial charge in [0.15, 0.2) is 0 Å². The molecule has 0 bridgehead atoms. The first-order chi connectivity index (χ1) is 3.31. The lowest BCUT2D eigenvalue weighted by molar-refractivity contribution is -0.111.